The van der Waals surface area contributed by atoms with E-state index in [1.54, 1.807) is 0 Å². The summed E-state index contributed by atoms with van der Waals surface area (Å²) < 4.78 is 13.6. The van der Waals surface area contributed by atoms with E-state index < -0.39 is 36.1 Å². The fourth-order valence-corrected chi connectivity index (χ4v) is 2.03. The molecular weight excluding hydrogens is 269 g/mol. The van der Waals surface area contributed by atoms with Crippen molar-refractivity contribution in [2.24, 2.45) is 0 Å². The summed E-state index contributed by atoms with van der Waals surface area (Å²) in [6.07, 6.45) is 1.63. The highest BCUT2D eigenvalue weighted by Gasteiger charge is 2.35. The molecule has 1 aromatic heterocycles. The average Bonchev–Trinajstić information content (AvgIpc) is 2.40. The van der Waals surface area contributed by atoms with E-state index in [1.165, 1.54) is 12.3 Å². The van der Waals surface area contributed by atoms with Gasteiger partial charge in [0.15, 0.2) is 5.82 Å². The van der Waals surface area contributed by atoms with Crippen molar-refractivity contribution in [2.75, 3.05) is 13.1 Å². The van der Waals surface area contributed by atoms with Gasteiger partial charge in [-0.15, -0.1) is 0 Å². The molecule has 1 fully saturated rings. The number of amides is 2. The molecule has 2 amide bonds. The highest BCUT2D eigenvalue weighted by atomic mass is 19.1. The number of nitrogens with one attached hydrogen (secondary N) is 1. The van der Waals surface area contributed by atoms with Gasteiger partial charge in [0.25, 0.3) is 5.91 Å². The van der Waals surface area contributed by atoms with Gasteiger partial charge in [0.2, 0.25) is 5.91 Å². The second kappa shape index (κ2) is 5.64. The monoisotopic (exact) mass is 281 g/mol. The Morgan fingerprint density at radius 3 is 2.95 bits per heavy atom. The van der Waals surface area contributed by atoms with Gasteiger partial charge in [-0.1, -0.05) is 0 Å². The fraction of sp³-hybridized carbons (Fsp3) is 0.333. The van der Waals surface area contributed by atoms with Gasteiger partial charge >= 0.3 is 5.97 Å². The molecule has 20 heavy (non-hydrogen) atoms. The lowest BCUT2D eigenvalue weighted by Crippen LogP contribution is -2.57. The second-order valence-electron chi connectivity index (χ2n) is 4.26. The summed E-state index contributed by atoms with van der Waals surface area (Å²) in [6, 6.07) is 0.0588. The number of nitrogens with zero attached hydrogens (tertiary/aromatic N) is 2. The number of pyridine rings is 1. The van der Waals surface area contributed by atoms with Crippen LogP contribution < -0.4 is 5.32 Å². The molecule has 1 aliphatic rings. The van der Waals surface area contributed by atoms with Crippen LogP contribution in [0.3, 0.4) is 0 Å². The van der Waals surface area contributed by atoms with Crippen molar-refractivity contribution >= 4 is 17.8 Å². The Kier molecular flexibility index (Phi) is 3.92. The standard InChI is InChI=1S/C12H12FN3O4/c13-8-6-14-2-1-7(8)12(20)16-4-3-15-11(19)9(16)5-10(17)18/h1-2,6,9H,3-5H2,(H,15,19)(H,17,18). The normalized spacial score (nSPS) is 18.6. The van der Waals surface area contributed by atoms with Crippen LogP contribution >= 0.6 is 0 Å². The van der Waals surface area contributed by atoms with Gasteiger partial charge < -0.3 is 15.3 Å². The highest BCUT2D eigenvalue weighted by Crippen LogP contribution is 2.15. The fourth-order valence-electron chi connectivity index (χ4n) is 2.03. The van der Waals surface area contributed by atoms with Crippen LogP contribution in [0.25, 0.3) is 0 Å². The molecule has 8 heteroatoms. The number of halogens is 1. The Morgan fingerprint density at radius 1 is 1.55 bits per heavy atom. The summed E-state index contributed by atoms with van der Waals surface area (Å²) in [7, 11) is 0. The van der Waals surface area contributed by atoms with Crippen LogP contribution in [0.15, 0.2) is 18.5 Å². The number of carbonyl (C=O) groups excluding carboxylic acids is 2. The first-order valence-electron chi connectivity index (χ1n) is 5.90. The van der Waals surface area contributed by atoms with Crippen molar-refractivity contribution in [3.05, 3.63) is 29.8 Å². The first-order chi connectivity index (χ1) is 9.50. The zero-order valence-corrected chi connectivity index (χ0v) is 10.4. The maximum atomic E-state index is 13.6. The molecule has 2 N–H and O–H groups in total. The summed E-state index contributed by atoms with van der Waals surface area (Å²) in [5.74, 6) is -3.29. The maximum absolute atomic E-state index is 13.6. The van der Waals surface area contributed by atoms with Crippen molar-refractivity contribution in [1.29, 1.82) is 0 Å². The minimum atomic E-state index is -1.21. The molecule has 0 aliphatic carbocycles. The highest BCUT2D eigenvalue weighted by molar-refractivity contribution is 5.99. The lowest BCUT2D eigenvalue weighted by atomic mass is 10.1. The van der Waals surface area contributed by atoms with Gasteiger partial charge in [-0.2, -0.15) is 0 Å². The third-order valence-corrected chi connectivity index (χ3v) is 2.96. The molecule has 0 bridgehead atoms. The average molecular weight is 281 g/mol. The summed E-state index contributed by atoms with van der Waals surface area (Å²) >= 11 is 0. The molecule has 2 heterocycles. The van der Waals surface area contributed by atoms with E-state index in [4.69, 9.17) is 5.11 Å². The number of piperazine rings is 1. The van der Waals surface area contributed by atoms with E-state index >= 15 is 0 Å². The third-order valence-electron chi connectivity index (χ3n) is 2.96. The number of hydrogen-bond acceptors (Lipinski definition) is 4. The molecule has 0 saturated carbocycles. The third kappa shape index (κ3) is 2.73. The quantitative estimate of drug-likeness (QED) is 0.788. The zero-order chi connectivity index (χ0) is 14.7. The molecule has 1 unspecified atom stereocenters. The Labute approximate surface area is 113 Å². The SMILES string of the molecule is O=C(O)CC1C(=O)NCCN1C(=O)c1ccncc1F. The van der Waals surface area contributed by atoms with Crippen LogP contribution in [0.2, 0.25) is 0 Å². The lowest BCUT2D eigenvalue weighted by molar-refractivity contribution is -0.142. The number of carbonyl (C=O) groups is 3. The van der Waals surface area contributed by atoms with Crippen molar-refractivity contribution in [1.82, 2.24) is 15.2 Å². The van der Waals surface area contributed by atoms with Crippen LogP contribution in [0.4, 0.5) is 4.39 Å². The summed E-state index contributed by atoms with van der Waals surface area (Å²) in [4.78, 5) is 39.3. The molecule has 0 spiro atoms. The van der Waals surface area contributed by atoms with Crippen molar-refractivity contribution in [2.45, 2.75) is 12.5 Å². The molecule has 1 aliphatic heterocycles. The Balaban J connectivity index is 2.28. The molecule has 0 radical (unpaired) electrons. The minimum Gasteiger partial charge on any atom is -0.481 e. The van der Waals surface area contributed by atoms with Crippen LogP contribution in [0.1, 0.15) is 16.8 Å². The van der Waals surface area contributed by atoms with E-state index in [9.17, 15) is 18.8 Å². The first kappa shape index (κ1) is 13.9. The van der Waals surface area contributed by atoms with Gasteiger partial charge in [-0.3, -0.25) is 19.4 Å². The predicted molar refractivity (Wildman–Crippen MR) is 64.3 cm³/mol. The van der Waals surface area contributed by atoms with E-state index in [1.807, 2.05) is 0 Å². The Hall–Kier alpha value is -2.51. The predicted octanol–water partition coefficient (Wildman–Crippen LogP) is -0.364. The molecule has 2 rings (SSSR count). The summed E-state index contributed by atoms with van der Waals surface area (Å²) in [5.41, 5.74) is -0.231. The van der Waals surface area contributed by atoms with E-state index in [-0.39, 0.29) is 18.7 Å². The largest absolute Gasteiger partial charge is 0.481 e. The van der Waals surface area contributed by atoms with E-state index in [0.29, 0.717) is 0 Å². The van der Waals surface area contributed by atoms with Gasteiger partial charge in [-0.25, -0.2) is 4.39 Å². The Bertz CT molecular complexity index is 563. The zero-order valence-electron chi connectivity index (χ0n) is 10.4. The molecule has 1 atom stereocenters. The number of hydrogen-bond donors (Lipinski definition) is 2. The minimum absolute atomic E-state index is 0.129. The summed E-state index contributed by atoms with van der Waals surface area (Å²) in [5, 5.41) is 11.3. The van der Waals surface area contributed by atoms with Crippen LogP contribution in [0.5, 0.6) is 0 Å². The van der Waals surface area contributed by atoms with Gasteiger partial charge in [0.1, 0.15) is 6.04 Å². The van der Waals surface area contributed by atoms with Gasteiger partial charge in [0.05, 0.1) is 18.2 Å². The summed E-state index contributed by atoms with van der Waals surface area (Å²) in [6.45, 7) is 0.331. The molecule has 1 saturated heterocycles. The van der Waals surface area contributed by atoms with Crippen LogP contribution in [-0.4, -0.2) is 51.9 Å². The molecule has 106 valence electrons. The smallest absolute Gasteiger partial charge is 0.305 e. The van der Waals surface area contributed by atoms with Crippen molar-refractivity contribution in [3.63, 3.8) is 0 Å². The van der Waals surface area contributed by atoms with Crippen molar-refractivity contribution in [3.8, 4) is 0 Å². The Morgan fingerprint density at radius 2 is 2.30 bits per heavy atom. The van der Waals surface area contributed by atoms with E-state index in [2.05, 4.69) is 10.3 Å². The number of rotatable bonds is 3. The topological polar surface area (TPSA) is 99.6 Å². The number of aliphatic carboxylic acids is 1. The lowest BCUT2D eigenvalue weighted by Gasteiger charge is -2.34. The first-order valence-corrected chi connectivity index (χ1v) is 5.90. The maximum Gasteiger partial charge on any atom is 0.305 e. The second-order valence-corrected chi connectivity index (χ2v) is 4.26. The van der Waals surface area contributed by atoms with Crippen LogP contribution in [-0.2, 0) is 9.59 Å². The molecule has 0 aromatic carbocycles. The molecular formula is C12H12FN3O4. The van der Waals surface area contributed by atoms with Gasteiger partial charge in [-0.05, 0) is 6.07 Å². The van der Waals surface area contributed by atoms with E-state index in [0.717, 1.165) is 11.1 Å². The number of carboxylic acid groups (broad SMARTS) is 1. The van der Waals surface area contributed by atoms with Crippen molar-refractivity contribution < 1.29 is 23.9 Å². The van der Waals surface area contributed by atoms with Gasteiger partial charge in [0, 0.05) is 19.3 Å². The number of aromatic nitrogens is 1. The van der Waals surface area contributed by atoms with Crippen LogP contribution in [0, 0.1) is 5.82 Å². The molecule has 7 nitrogen and oxygen atoms in total. The number of carboxylic acids is 1. The molecule has 1 aromatic rings.